The van der Waals surface area contributed by atoms with Gasteiger partial charge in [0.1, 0.15) is 0 Å². The predicted molar refractivity (Wildman–Crippen MR) is 70.1 cm³/mol. The molecule has 0 bridgehead atoms. The van der Waals surface area contributed by atoms with Crippen molar-refractivity contribution in [3.63, 3.8) is 0 Å². The van der Waals surface area contributed by atoms with Crippen molar-refractivity contribution >= 4 is 34.2 Å². The summed E-state index contributed by atoms with van der Waals surface area (Å²) in [5.41, 5.74) is 0.743. The number of halogens is 2. The Bertz CT molecular complexity index is 365. The van der Waals surface area contributed by atoms with Crippen molar-refractivity contribution in [2.75, 3.05) is 20.1 Å². The van der Waals surface area contributed by atoms with E-state index < -0.39 is 0 Å². The molecule has 1 aromatic carbocycles. The van der Waals surface area contributed by atoms with Crippen molar-refractivity contribution in [3.8, 4) is 0 Å². The summed E-state index contributed by atoms with van der Waals surface area (Å²) in [5, 5.41) is 3.16. The number of carbonyl (C=O) groups excluding carboxylic acids is 1. The molecule has 3 nitrogen and oxygen atoms in total. The lowest BCUT2D eigenvalue weighted by Gasteiger charge is -2.35. The molecule has 1 aliphatic heterocycles. The van der Waals surface area contributed by atoms with Crippen LogP contribution in [0.4, 0.5) is 0 Å². The number of hydrogen-bond donors (Lipinski definition) is 1. The van der Waals surface area contributed by atoms with E-state index in [0.717, 1.165) is 23.1 Å². The molecule has 0 aliphatic carbocycles. The van der Waals surface area contributed by atoms with Crippen LogP contribution in [0.5, 0.6) is 0 Å². The first-order chi connectivity index (χ1) is 7.18. The predicted octanol–water partition coefficient (Wildman–Crippen LogP) is 1.91. The largest absolute Gasteiger partial charge is 0.336 e. The van der Waals surface area contributed by atoms with Gasteiger partial charge in [0.2, 0.25) is 0 Å². The maximum Gasteiger partial charge on any atom is 0.253 e. The Morgan fingerprint density at radius 1 is 1.38 bits per heavy atom. The van der Waals surface area contributed by atoms with Crippen molar-refractivity contribution in [2.45, 2.75) is 6.04 Å². The highest BCUT2D eigenvalue weighted by Crippen LogP contribution is 2.13. The summed E-state index contributed by atoms with van der Waals surface area (Å²) < 4.78 is 0.993. The second-order valence-electron chi connectivity index (χ2n) is 3.74. The summed E-state index contributed by atoms with van der Waals surface area (Å²) in [5.74, 6) is 0.0917. The van der Waals surface area contributed by atoms with Crippen LogP contribution in [0.15, 0.2) is 28.7 Å². The van der Waals surface area contributed by atoms with Crippen LogP contribution in [0.2, 0.25) is 0 Å². The third-order valence-electron chi connectivity index (χ3n) is 2.72. The minimum Gasteiger partial charge on any atom is -0.336 e. The maximum absolute atomic E-state index is 12.0. The molecule has 88 valence electrons. The van der Waals surface area contributed by atoms with Crippen molar-refractivity contribution in [2.24, 2.45) is 0 Å². The summed E-state index contributed by atoms with van der Waals surface area (Å²) >= 11 is 3.35. The highest BCUT2D eigenvalue weighted by Gasteiger charge is 2.25. The number of nitrogens with zero attached hydrogens (tertiary/aromatic N) is 1. The van der Waals surface area contributed by atoms with E-state index in [9.17, 15) is 4.79 Å². The summed E-state index contributed by atoms with van der Waals surface area (Å²) in [4.78, 5) is 13.8. The molecule has 2 rings (SSSR count). The van der Waals surface area contributed by atoms with Crippen molar-refractivity contribution in [1.29, 1.82) is 0 Å². The van der Waals surface area contributed by atoms with Crippen molar-refractivity contribution in [1.82, 2.24) is 10.2 Å². The average Bonchev–Trinajstić information content (AvgIpc) is 2.15. The first-order valence-electron chi connectivity index (χ1n) is 4.92. The highest BCUT2D eigenvalue weighted by atomic mass is 79.9. The zero-order chi connectivity index (χ0) is 10.8. The van der Waals surface area contributed by atoms with E-state index in [-0.39, 0.29) is 18.3 Å². The minimum absolute atomic E-state index is 0. The van der Waals surface area contributed by atoms with Crippen LogP contribution < -0.4 is 5.32 Å². The molecule has 0 unspecified atom stereocenters. The molecule has 0 atom stereocenters. The Morgan fingerprint density at radius 3 is 2.38 bits per heavy atom. The number of carbonyl (C=O) groups is 1. The zero-order valence-corrected chi connectivity index (χ0v) is 11.3. The fraction of sp³-hybridized carbons (Fsp3) is 0.364. The number of benzene rings is 1. The quantitative estimate of drug-likeness (QED) is 0.905. The molecule has 16 heavy (non-hydrogen) atoms. The lowest BCUT2D eigenvalue weighted by atomic mass is 10.1. The van der Waals surface area contributed by atoms with Crippen LogP contribution in [0, 0.1) is 0 Å². The molecule has 1 heterocycles. The highest BCUT2D eigenvalue weighted by molar-refractivity contribution is 9.10. The molecule has 0 saturated carbocycles. The number of nitrogens with one attached hydrogen (secondary N) is 1. The average molecular weight is 306 g/mol. The van der Waals surface area contributed by atoms with Crippen LogP contribution in [0.1, 0.15) is 10.4 Å². The molecule has 1 saturated heterocycles. The lowest BCUT2D eigenvalue weighted by molar-refractivity contribution is 0.0681. The molecule has 0 radical (unpaired) electrons. The Labute approximate surface area is 110 Å². The van der Waals surface area contributed by atoms with Gasteiger partial charge in [0.05, 0.1) is 6.04 Å². The van der Waals surface area contributed by atoms with Gasteiger partial charge < -0.3 is 10.2 Å². The van der Waals surface area contributed by atoms with E-state index in [0.29, 0.717) is 6.04 Å². The molecule has 1 N–H and O–H groups in total. The Balaban J connectivity index is 0.00000128. The van der Waals surface area contributed by atoms with E-state index in [1.54, 1.807) is 4.90 Å². The van der Waals surface area contributed by atoms with Gasteiger partial charge in [-0.3, -0.25) is 4.79 Å². The third kappa shape index (κ3) is 2.75. The lowest BCUT2D eigenvalue weighted by Crippen LogP contribution is -2.57. The van der Waals surface area contributed by atoms with Gasteiger partial charge >= 0.3 is 0 Å². The van der Waals surface area contributed by atoms with E-state index >= 15 is 0 Å². The summed E-state index contributed by atoms with van der Waals surface area (Å²) in [6, 6.07) is 7.81. The third-order valence-corrected chi connectivity index (χ3v) is 3.25. The fourth-order valence-corrected chi connectivity index (χ4v) is 1.77. The van der Waals surface area contributed by atoms with Gasteiger partial charge in [-0.05, 0) is 24.3 Å². The normalized spacial score (nSPS) is 14.9. The summed E-state index contributed by atoms with van der Waals surface area (Å²) in [6.07, 6.45) is 0. The minimum atomic E-state index is 0. The molecule has 0 aromatic heterocycles. The topological polar surface area (TPSA) is 32.3 Å². The fourth-order valence-electron chi connectivity index (χ4n) is 1.51. The molecule has 1 aliphatic rings. The van der Waals surface area contributed by atoms with Gasteiger partial charge in [0.25, 0.3) is 5.91 Å². The monoisotopic (exact) mass is 304 g/mol. The van der Waals surface area contributed by atoms with Gasteiger partial charge in [-0.25, -0.2) is 0 Å². The van der Waals surface area contributed by atoms with Gasteiger partial charge in [-0.1, -0.05) is 15.9 Å². The Kier molecular flexibility index (Phi) is 4.77. The van der Waals surface area contributed by atoms with E-state index in [4.69, 9.17) is 0 Å². The molecule has 0 spiro atoms. The summed E-state index contributed by atoms with van der Waals surface area (Å²) in [7, 11) is 1.86. The molecule has 5 heteroatoms. The van der Waals surface area contributed by atoms with Crippen LogP contribution in [-0.4, -0.2) is 37.0 Å². The maximum atomic E-state index is 12.0. The number of rotatable bonds is 2. The van der Waals surface area contributed by atoms with Crippen LogP contribution >= 0.6 is 28.3 Å². The molecule has 1 amide bonds. The number of likely N-dealkylation sites (N-methyl/N-ethyl adjacent to an activating group) is 1. The van der Waals surface area contributed by atoms with Crippen LogP contribution in [-0.2, 0) is 0 Å². The second kappa shape index (κ2) is 5.66. The van der Waals surface area contributed by atoms with E-state index in [1.807, 2.05) is 31.3 Å². The van der Waals surface area contributed by atoms with Gasteiger partial charge in [-0.15, -0.1) is 12.4 Å². The van der Waals surface area contributed by atoms with Crippen molar-refractivity contribution < 1.29 is 4.79 Å². The smallest absolute Gasteiger partial charge is 0.253 e. The number of hydrogen-bond acceptors (Lipinski definition) is 2. The Morgan fingerprint density at radius 2 is 1.94 bits per heavy atom. The summed E-state index contributed by atoms with van der Waals surface area (Å²) in [6.45, 7) is 1.80. The first kappa shape index (κ1) is 13.5. The first-order valence-corrected chi connectivity index (χ1v) is 5.71. The molecule has 1 aromatic rings. The van der Waals surface area contributed by atoms with Gasteiger partial charge in [0, 0.05) is 30.2 Å². The van der Waals surface area contributed by atoms with Crippen LogP contribution in [0.3, 0.4) is 0 Å². The Hall–Kier alpha value is -0.580. The molecular formula is C11H14BrClN2O. The molecule has 1 fully saturated rings. The number of amides is 1. The second-order valence-corrected chi connectivity index (χ2v) is 4.65. The van der Waals surface area contributed by atoms with Gasteiger partial charge in [-0.2, -0.15) is 0 Å². The van der Waals surface area contributed by atoms with E-state index in [1.165, 1.54) is 0 Å². The molecular weight excluding hydrogens is 291 g/mol. The standard InChI is InChI=1S/C11H13BrN2O.ClH/c1-14(10-6-13-7-10)11(15)8-2-4-9(12)5-3-8;/h2-5,10,13H,6-7H2,1H3;1H. The SMILES string of the molecule is CN(C(=O)c1ccc(Br)cc1)C1CNC1.Cl. The van der Waals surface area contributed by atoms with Gasteiger partial charge in [0.15, 0.2) is 0 Å². The van der Waals surface area contributed by atoms with Crippen LogP contribution in [0.25, 0.3) is 0 Å². The van der Waals surface area contributed by atoms with E-state index in [2.05, 4.69) is 21.2 Å². The van der Waals surface area contributed by atoms with Crippen molar-refractivity contribution in [3.05, 3.63) is 34.3 Å². The zero-order valence-electron chi connectivity index (χ0n) is 8.94.